The lowest BCUT2D eigenvalue weighted by Crippen LogP contribution is -1.87. The Hall–Kier alpha value is -2.35. The molecule has 0 N–H and O–H groups in total. The van der Waals surface area contributed by atoms with Gasteiger partial charge in [-0.2, -0.15) is 0 Å². The molecule has 20 heavy (non-hydrogen) atoms. The largest absolute Gasteiger partial charge is 0.322 e. The molecule has 1 aromatic carbocycles. The second-order valence-corrected chi connectivity index (χ2v) is 5.34. The Labute approximate surface area is 118 Å². The number of aromatic nitrogens is 1. The number of fused-ring (bicyclic) bond motifs is 1. The molecule has 0 unspecified atom stereocenters. The van der Waals surface area contributed by atoms with Crippen LogP contribution < -0.4 is 0 Å². The molecule has 2 heterocycles. The Morgan fingerprint density at radius 2 is 1.80 bits per heavy atom. The molecule has 0 saturated carbocycles. The maximum Gasteiger partial charge on any atom is 0.152 e. The van der Waals surface area contributed by atoms with Gasteiger partial charge < -0.3 is 4.40 Å². The molecule has 2 heteroatoms. The molecule has 0 fully saturated rings. The van der Waals surface area contributed by atoms with Crippen molar-refractivity contribution in [1.82, 2.24) is 4.40 Å². The first-order chi connectivity index (χ1) is 9.70. The number of carbonyl (C=O) groups is 1. The van der Waals surface area contributed by atoms with Crippen molar-refractivity contribution in [3.63, 3.8) is 0 Å². The quantitative estimate of drug-likeness (QED) is 0.635. The number of carbonyl (C=O) groups excluding carboxylic acids is 1. The molecule has 3 aromatic rings. The van der Waals surface area contributed by atoms with Crippen molar-refractivity contribution >= 4 is 11.8 Å². The minimum absolute atomic E-state index is 0.516. The minimum atomic E-state index is 0.516. The van der Waals surface area contributed by atoms with Crippen LogP contribution in [0.5, 0.6) is 0 Å². The van der Waals surface area contributed by atoms with E-state index in [9.17, 15) is 4.79 Å². The van der Waals surface area contributed by atoms with E-state index in [1.807, 2.05) is 35.0 Å². The van der Waals surface area contributed by atoms with Crippen LogP contribution in [0.3, 0.4) is 0 Å². The van der Waals surface area contributed by atoms with Gasteiger partial charge in [-0.1, -0.05) is 44.2 Å². The third kappa shape index (κ3) is 2.03. The Balaban J connectivity index is 2.16. The fourth-order valence-electron chi connectivity index (χ4n) is 2.54. The van der Waals surface area contributed by atoms with Crippen molar-refractivity contribution in [2.45, 2.75) is 19.8 Å². The number of rotatable bonds is 3. The van der Waals surface area contributed by atoms with Crippen molar-refractivity contribution in [2.24, 2.45) is 0 Å². The number of nitrogens with zero attached hydrogens (tertiary/aromatic N) is 1. The van der Waals surface area contributed by atoms with Crippen molar-refractivity contribution in [2.75, 3.05) is 0 Å². The van der Waals surface area contributed by atoms with Gasteiger partial charge in [-0.3, -0.25) is 4.79 Å². The van der Waals surface area contributed by atoms with Crippen LogP contribution in [0.1, 0.15) is 35.7 Å². The molecular weight excluding hydrogens is 246 g/mol. The molecule has 0 aliphatic rings. The first-order valence-electron chi connectivity index (χ1n) is 6.86. The smallest absolute Gasteiger partial charge is 0.152 e. The van der Waals surface area contributed by atoms with E-state index in [-0.39, 0.29) is 0 Å². The van der Waals surface area contributed by atoms with Crippen LogP contribution in [0.15, 0.2) is 54.9 Å². The van der Waals surface area contributed by atoms with Gasteiger partial charge in [0.1, 0.15) is 0 Å². The summed E-state index contributed by atoms with van der Waals surface area (Å²) in [6.45, 7) is 4.36. The molecule has 0 bridgehead atoms. The SMILES string of the molecule is CC(C)c1ccc(-c2cn3ccccc3c2C=O)cc1. The second-order valence-electron chi connectivity index (χ2n) is 5.34. The first-order valence-corrected chi connectivity index (χ1v) is 6.86. The zero-order chi connectivity index (χ0) is 14.1. The van der Waals surface area contributed by atoms with Gasteiger partial charge in [0, 0.05) is 23.5 Å². The summed E-state index contributed by atoms with van der Waals surface area (Å²) < 4.78 is 2.00. The molecule has 0 spiro atoms. The summed E-state index contributed by atoms with van der Waals surface area (Å²) in [5.41, 5.74) is 5.08. The van der Waals surface area contributed by atoms with Gasteiger partial charge in [0.2, 0.25) is 0 Å². The van der Waals surface area contributed by atoms with E-state index in [1.165, 1.54) is 5.56 Å². The van der Waals surface area contributed by atoms with E-state index in [4.69, 9.17) is 0 Å². The van der Waals surface area contributed by atoms with E-state index >= 15 is 0 Å². The van der Waals surface area contributed by atoms with E-state index < -0.39 is 0 Å². The van der Waals surface area contributed by atoms with Crippen molar-refractivity contribution < 1.29 is 4.79 Å². The second kappa shape index (κ2) is 4.97. The van der Waals surface area contributed by atoms with Crippen molar-refractivity contribution in [3.05, 3.63) is 66.0 Å². The predicted molar refractivity (Wildman–Crippen MR) is 82.3 cm³/mol. The van der Waals surface area contributed by atoms with E-state index in [0.717, 1.165) is 28.5 Å². The van der Waals surface area contributed by atoms with Gasteiger partial charge >= 0.3 is 0 Å². The summed E-state index contributed by atoms with van der Waals surface area (Å²) in [5.74, 6) is 0.516. The highest BCUT2D eigenvalue weighted by Crippen LogP contribution is 2.28. The maximum atomic E-state index is 11.4. The number of hydrogen-bond donors (Lipinski definition) is 0. The fraction of sp³-hybridized carbons (Fsp3) is 0.167. The van der Waals surface area contributed by atoms with Crippen molar-refractivity contribution in [3.8, 4) is 11.1 Å². The maximum absolute atomic E-state index is 11.4. The van der Waals surface area contributed by atoms with Crippen LogP contribution in [0, 0.1) is 0 Å². The normalized spacial score (nSPS) is 11.2. The molecule has 100 valence electrons. The third-order valence-corrected chi connectivity index (χ3v) is 3.73. The molecule has 0 aliphatic heterocycles. The molecule has 0 aliphatic carbocycles. The molecule has 2 nitrogen and oxygen atoms in total. The predicted octanol–water partition coefficient (Wildman–Crippen LogP) is 4.54. The molecule has 2 aromatic heterocycles. The number of pyridine rings is 1. The molecule has 0 atom stereocenters. The Bertz CT molecular complexity index is 751. The molecular formula is C18H17NO. The highest BCUT2D eigenvalue weighted by atomic mass is 16.1. The van der Waals surface area contributed by atoms with Crippen LogP contribution in [0.25, 0.3) is 16.6 Å². The topological polar surface area (TPSA) is 21.5 Å². The lowest BCUT2D eigenvalue weighted by atomic mass is 9.98. The van der Waals surface area contributed by atoms with Crippen LogP contribution >= 0.6 is 0 Å². The van der Waals surface area contributed by atoms with Gasteiger partial charge in [0.25, 0.3) is 0 Å². The average Bonchev–Trinajstić information content (AvgIpc) is 2.85. The Kier molecular flexibility index (Phi) is 3.15. The standard InChI is InChI=1S/C18H17NO/c1-13(2)14-6-8-15(9-7-14)16-11-19-10-4-3-5-18(19)17(16)12-20/h3-13H,1-2H3. The van der Waals surface area contributed by atoms with Crippen molar-refractivity contribution in [1.29, 1.82) is 0 Å². The summed E-state index contributed by atoms with van der Waals surface area (Å²) in [5, 5.41) is 0. The number of benzene rings is 1. The van der Waals surface area contributed by atoms with E-state index in [0.29, 0.717) is 5.92 Å². The molecule has 3 rings (SSSR count). The molecule has 0 amide bonds. The summed E-state index contributed by atoms with van der Waals surface area (Å²) >= 11 is 0. The van der Waals surface area contributed by atoms with Gasteiger partial charge in [-0.05, 0) is 29.2 Å². The lowest BCUT2D eigenvalue weighted by molar-refractivity contribution is 0.112. The fourth-order valence-corrected chi connectivity index (χ4v) is 2.54. The average molecular weight is 263 g/mol. The highest BCUT2D eigenvalue weighted by molar-refractivity contribution is 5.96. The number of aldehydes is 1. The Morgan fingerprint density at radius 3 is 2.45 bits per heavy atom. The summed E-state index contributed by atoms with van der Waals surface area (Å²) in [6, 6.07) is 14.3. The summed E-state index contributed by atoms with van der Waals surface area (Å²) in [4.78, 5) is 11.4. The summed E-state index contributed by atoms with van der Waals surface area (Å²) in [6.07, 6.45) is 4.93. The minimum Gasteiger partial charge on any atom is -0.322 e. The van der Waals surface area contributed by atoms with Crippen LogP contribution in [-0.2, 0) is 0 Å². The zero-order valence-corrected chi connectivity index (χ0v) is 11.7. The van der Waals surface area contributed by atoms with E-state index in [1.54, 1.807) is 0 Å². The monoisotopic (exact) mass is 263 g/mol. The van der Waals surface area contributed by atoms with Crippen LogP contribution in [0.4, 0.5) is 0 Å². The third-order valence-electron chi connectivity index (χ3n) is 3.73. The lowest BCUT2D eigenvalue weighted by Gasteiger charge is -2.06. The zero-order valence-electron chi connectivity index (χ0n) is 11.7. The van der Waals surface area contributed by atoms with Gasteiger partial charge in [0.05, 0.1) is 5.52 Å². The molecule has 0 radical (unpaired) electrons. The highest BCUT2D eigenvalue weighted by Gasteiger charge is 2.11. The molecule has 0 saturated heterocycles. The van der Waals surface area contributed by atoms with Gasteiger partial charge in [-0.25, -0.2) is 0 Å². The van der Waals surface area contributed by atoms with Gasteiger partial charge in [0.15, 0.2) is 6.29 Å². The van der Waals surface area contributed by atoms with Gasteiger partial charge in [-0.15, -0.1) is 0 Å². The Morgan fingerprint density at radius 1 is 1.05 bits per heavy atom. The first kappa shape index (κ1) is 12.7. The number of hydrogen-bond acceptors (Lipinski definition) is 1. The van der Waals surface area contributed by atoms with Crippen LogP contribution in [0.2, 0.25) is 0 Å². The van der Waals surface area contributed by atoms with E-state index in [2.05, 4.69) is 38.1 Å². The van der Waals surface area contributed by atoms with Crippen LogP contribution in [-0.4, -0.2) is 10.7 Å². The summed E-state index contributed by atoms with van der Waals surface area (Å²) in [7, 11) is 0.